The molecule has 20 heavy (non-hydrogen) atoms. The van der Waals surface area contributed by atoms with Crippen LogP contribution in [0.15, 0.2) is 36.4 Å². The molecule has 2 nitrogen and oxygen atoms in total. The molecule has 0 aliphatic heterocycles. The van der Waals surface area contributed by atoms with Gasteiger partial charge in [-0.1, -0.05) is 29.8 Å². The lowest BCUT2D eigenvalue weighted by Gasteiger charge is -2.12. The Morgan fingerprint density at radius 2 is 1.65 bits per heavy atom. The SMILES string of the molecule is CC(=O)c1ccc(C)cc1OCc1cc(C)ccc1C. The van der Waals surface area contributed by atoms with Crippen LogP contribution in [0.3, 0.4) is 0 Å². The number of Topliss-reactive ketones (excluding diaryl/α,β-unsaturated/α-hetero) is 1. The third-order valence-corrected chi connectivity index (χ3v) is 3.40. The minimum absolute atomic E-state index is 0.0287. The summed E-state index contributed by atoms with van der Waals surface area (Å²) in [5.74, 6) is 0.694. The van der Waals surface area contributed by atoms with E-state index in [0.29, 0.717) is 17.9 Å². The van der Waals surface area contributed by atoms with Crippen molar-refractivity contribution in [3.05, 3.63) is 64.2 Å². The fourth-order valence-corrected chi connectivity index (χ4v) is 2.15. The summed E-state index contributed by atoms with van der Waals surface area (Å²) in [6.07, 6.45) is 0. The molecule has 0 fully saturated rings. The number of hydrogen-bond acceptors (Lipinski definition) is 2. The van der Waals surface area contributed by atoms with Crippen molar-refractivity contribution >= 4 is 5.78 Å². The molecule has 104 valence electrons. The molecule has 0 heterocycles. The number of aryl methyl sites for hydroxylation is 3. The van der Waals surface area contributed by atoms with E-state index in [1.165, 1.54) is 11.1 Å². The molecule has 0 amide bonds. The first-order valence-corrected chi connectivity index (χ1v) is 6.78. The second kappa shape index (κ2) is 5.91. The van der Waals surface area contributed by atoms with Crippen molar-refractivity contribution in [2.24, 2.45) is 0 Å². The van der Waals surface area contributed by atoms with Crippen LogP contribution >= 0.6 is 0 Å². The molecule has 0 unspecified atom stereocenters. The van der Waals surface area contributed by atoms with Crippen LogP contribution in [-0.4, -0.2) is 5.78 Å². The van der Waals surface area contributed by atoms with Gasteiger partial charge in [0.1, 0.15) is 12.4 Å². The summed E-state index contributed by atoms with van der Waals surface area (Å²) in [4.78, 5) is 11.6. The summed E-state index contributed by atoms with van der Waals surface area (Å²) >= 11 is 0. The maximum absolute atomic E-state index is 11.6. The van der Waals surface area contributed by atoms with Gasteiger partial charge in [-0.3, -0.25) is 4.79 Å². The Bertz CT molecular complexity index is 642. The van der Waals surface area contributed by atoms with Crippen molar-refractivity contribution in [2.45, 2.75) is 34.3 Å². The van der Waals surface area contributed by atoms with Crippen molar-refractivity contribution in [3.8, 4) is 5.75 Å². The van der Waals surface area contributed by atoms with Gasteiger partial charge in [-0.2, -0.15) is 0 Å². The normalized spacial score (nSPS) is 10.4. The van der Waals surface area contributed by atoms with Crippen molar-refractivity contribution in [2.75, 3.05) is 0 Å². The monoisotopic (exact) mass is 268 g/mol. The summed E-state index contributed by atoms with van der Waals surface area (Å²) in [7, 11) is 0. The summed E-state index contributed by atoms with van der Waals surface area (Å²) in [5.41, 5.74) is 5.30. The molecule has 0 aliphatic carbocycles. The van der Waals surface area contributed by atoms with Crippen molar-refractivity contribution in [1.29, 1.82) is 0 Å². The van der Waals surface area contributed by atoms with Gasteiger partial charge in [-0.05, 0) is 56.5 Å². The van der Waals surface area contributed by atoms with Gasteiger partial charge in [0, 0.05) is 0 Å². The van der Waals surface area contributed by atoms with Crippen LogP contribution in [0.1, 0.15) is 39.5 Å². The van der Waals surface area contributed by atoms with E-state index in [9.17, 15) is 4.79 Å². The molecule has 2 rings (SSSR count). The minimum Gasteiger partial charge on any atom is -0.488 e. The first-order valence-electron chi connectivity index (χ1n) is 6.78. The van der Waals surface area contributed by atoms with Crippen molar-refractivity contribution in [3.63, 3.8) is 0 Å². The molecule has 0 radical (unpaired) electrons. The van der Waals surface area contributed by atoms with E-state index in [0.717, 1.165) is 11.1 Å². The number of ether oxygens (including phenoxy) is 1. The molecule has 0 saturated carbocycles. The van der Waals surface area contributed by atoms with E-state index in [1.807, 2.05) is 25.1 Å². The van der Waals surface area contributed by atoms with E-state index in [4.69, 9.17) is 4.74 Å². The summed E-state index contributed by atoms with van der Waals surface area (Å²) in [6.45, 7) is 8.18. The van der Waals surface area contributed by atoms with Gasteiger partial charge in [-0.25, -0.2) is 0 Å². The second-order valence-corrected chi connectivity index (χ2v) is 5.27. The van der Waals surface area contributed by atoms with Crippen LogP contribution in [0.4, 0.5) is 0 Å². The zero-order valence-electron chi connectivity index (χ0n) is 12.5. The first-order chi connectivity index (χ1) is 9.47. The van der Waals surface area contributed by atoms with Crippen LogP contribution < -0.4 is 4.74 Å². The third-order valence-electron chi connectivity index (χ3n) is 3.40. The highest BCUT2D eigenvalue weighted by Crippen LogP contribution is 2.23. The predicted molar refractivity (Wildman–Crippen MR) is 81.4 cm³/mol. The number of carbonyl (C=O) groups is 1. The van der Waals surface area contributed by atoms with Crippen LogP contribution in [-0.2, 0) is 6.61 Å². The zero-order valence-corrected chi connectivity index (χ0v) is 12.5. The third kappa shape index (κ3) is 3.27. The molecule has 0 atom stereocenters. The quantitative estimate of drug-likeness (QED) is 0.768. The largest absolute Gasteiger partial charge is 0.488 e. The molecule has 0 spiro atoms. The highest BCUT2D eigenvalue weighted by molar-refractivity contribution is 5.96. The van der Waals surface area contributed by atoms with Gasteiger partial charge in [0.2, 0.25) is 0 Å². The fraction of sp³-hybridized carbons (Fsp3) is 0.278. The van der Waals surface area contributed by atoms with Gasteiger partial charge < -0.3 is 4.74 Å². The molecule has 0 saturated heterocycles. The average molecular weight is 268 g/mol. The molecular weight excluding hydrogens is 248 g/mol. The average Bonchev–Trinajstić information content (AvgIpc) is 2.39. The maximum atomic E-state index is 11.6. The van der Waals surface area contributed by atoms with Gasteiger partial charge in [0.05, 0.1) is 5.56 Å². The van der Waals surface area contributed by atoms with E-state index in [1.54, 1.807) is 6.92 Å². The Kier molecular flexibility index (Phi) is 4.23. The number of rotatable bonds is 4. The number of carbonyl (C=O) groups excluding carboxylic acids is 1. The predicted octanol–water partition coefficient (Wildman–Crippen LogP) is 4.39. The lowest BCUT2D eigenvalue weighted by Crippen LogP contribution is -2.03. The number of ketones is 1. The number of hydrogen-bond donors (Lipinski definition) is 0. The summed E-state index contributed by atoms with van der Waals surface area (Å²) in [6, 6.07) is 12.0. The van der Waals surface area contributed by atoms with Gasteiger partial charge in [0.15, 0.2) is 5.78 Å². The Morgan fingerprint density at radius 3 is 2.35 bits per heavy atom. The highest BCUT2D eigenvalue weighted by atomic mass is 16.5. The van der Waals surface area contributed by atoms with Crippen molar-refractivity contribution in [1.82, 2.24) is 0 Å². The van der Waals surface area contributed by atoms with E-state index in [2.05, 4.69) is 32.0 Å². The first kappa shape index (κ1) is 14.3. The zero-order chi connectivity index (χ0) is 14.7. The van der Waals surface area contributed by atoms with Gasteiger partial charge in [0.25, 0.3) is 0 Å². The van der Waals surface area contributed by atoms with E-state index < -0.39 is 0 Å². The Hall–Kier alpha value is -2.09. The topological polar surface area (TPSA) is 26.3 Å². The molecule has 0 aliphatic rings. The molecule has 0 bridgehead atoms. The van der Waals surface area contributed by atoms with Crippen LogP contribution in [0.5, 0.6) is 5.75 Å². The van der Waals surface area contributed by atoms with Crippen LogP contribution in [0, 0.1) is 20.8 Å². The van der Waals surface area contributed by atoms with Gasteiger partial charge >= 0.3 is 0 Å². The molecule has 2 aromatic carbocycles. The smallest absolute Gasteiger partial charge is 0.163 e. The molecule has 2 heteroatoms. The molecule has 2 aromatic rings. The lowest BCUT2D eigenvalue weighted by atomic mass is 10.1. The molecule has 0 N–H and O–H groups in total. The van der Waals surface area contributed by atoms with Crippen LogP contribution in [0.2, 0.25) is 0 Å². The molecular formula is C18H20O2. The van der Waals surface area contributed by atoms with Gasteiger partial charge in [-0.15, -0.1) is 0 Å². The molecule has 0 aromatic heterocycles. The lowest BCUT2D eigenvalue weighted by molar-refractivity contribution is 0.101. The van der Waals surface area contributed by atoms with E-state index >= 15 is 0 Å². The minimum atomic E-state index is 0.0287. The highest BCUT2D eigenvalue weighted by Gasteiger charge is 2.09. The van der Waals surface area contributed by atoms with E-state index in [-0.39, 0.29) is 5.78 Å². The Labute approximate surface area is 120 Å². The maximum Gasteiger partial charge on any atom is 0.163 e. The van der Waals surface area contributed by atoms with Crippen LogP contribution in [0.25, 0.3) is 0 Å². The van der Waals surface area contributed by atoms with Crippen molar-refractivity contribution < 1.29 is 9.53 Å². The number of benzene rings is 2. The standard InChI is InChI=1S/C18H20O2/c1-12-5-7-14(3)16(9-12)11-20-18-10-13(2)6-8-17(18)15(4)19/h5-10H,11H2,1-4H3. The second-order valence-electron chi connectivity index (χ2n) is 5.27. The summed E-state index contributed by atoms with van der Waals surface area (Å²) in [5, 5.41) is 0. The Balaban J connectivity index is 2.24. The Morgan fingerprint density at radius 1 is 1.00 bits per heavy atom. The fourth-order valence-electron chi connectivity index (χ4n) is 2.15. The summed E-state index contributed by atoms with van der Waals surface area (Å²) < 4.78 is 5.88.